The van der Waals surface area contributed by atoms with Crippen LogP contribution in [0.25, 0.3) is 11.2 Å². The van der Waals surface area contributed by atoms with Gasteiger partial charge in [-0.1, -0.05) is 24.4 Å². The zero-order valence-electron chi connectivity index (χ0n) is 16.9. The minimum atomic E-state index is -4.57. The van der Waals surface area contributed by atoms with E-state index in [4.69, 9.17) is 17.3 Å². The summed E-state index contributed by atoms with van der Waals surface area (Å²) in [4.78, 5) is 13.4. The lowest BCUT2D eigenvalue weighted by Gasteiger charge is -2.29. The maximum Gasteiger partial charge on any atom is 0.417 e. The Balaban J connectivity index is 1.72. The largest absolute Gasteiger partial charge is 0.417 e. The van der Waals surface area contributed by atoms with Crippen LogP contribution in [0.1, 0.15) is 38.2 Å². The third-order valence-electron chi connectivity index (χ3n) is 5.47. The van der Waals surface area contributed by atoms with Gasteiger partial charge >= 0.3 is 6.18 Å². The second-order valence-corrected chi connectivity index (χ2v) is 8.02. The molecule has 0 bridgehead atoms. The molecule has 0 aliphatic heterocycles. The van der Waals surface area contributed by atoms with E-state index in [0.717, 1.165) is 31.7 Å². The van der Waals surface area contributed by atoms with Crippen LogP contribution in [-0.4, -0.2) is 31.6 Å². The molecule has 0 saturated heterocycles. The van der Waals surface area contributed by atoms with Gasteiger partial charge in [0.05, 0.1) is 16.9 Å². The van der Waals surface area contributed by atoms with Crippen LogP contribution in [0.15, 0.2) is 24.5 Å². The van der Waals surface area contributed by atoms with Gasteiger partial charge in [-0.25, -0.2) is 4.98 Å². The van der Waals surface area contributed by atoms with Crippen LogP contribution in [0.2, 0.25) is 5.02 Å². The molecule has 2 atom stereocenters. The van der Waals surface area contributed by atoms with E-state index >= 15 is 0 Å². The molecule has 0 spiro atoms. The molecule has 1 saturated carbocycles. The molecule has 0 amide bonds. The van der Waals surface area contributed by atoms with Gasteiger partial charge in [-0.05, 0) is 38.0 Å². The lowest BCUT2D eigenvalue weighted by Crippen LogP contribution is -2.43. The van der Waals surface area contributed by atoms with Crippen LogP contribution in [0.3, 0.4) is 0 Å². The average Bonchev–Trinajstić information content (AvgIpc) is 3.13. The minimum absolute atomic E-state index is 0.00819. The quantitative estimate of drug-likeness (QED) is 0.506. The number of hydrogen-bond donors (Lipinski definition) is 3. The number of fused-ring (bicyclic) bond motifs is 1. The SMILES string of the molecule is CCn1cnc2c(Nc3ccc(Cl)c(C(F)(F)F)c3)nc(NC3CCCCC3N)nc21. The van der Waals surface area contributed by atoms with E-state index in [2.05, 4.69) is 25.6 Å². The molecule has 1 aromatic carbocycles. The summed E-state index contributed by atoms with van der Waals surface area (Å²) in [5, 5.41) is 5.90. The van der Waals surface area contributed by atoms with E-state index in [1.54, 1.807) is 6.33 Å². The zero-order chi connectivity index (χ0) is 22.2. The number of anilines is 3. The van der Waals surface area contributed by atoms with Crippen molar-refractivity contribution in [2.75, 3.05) is 10.6 Å². The maximum atomic E-state index is 13.3. The van der Waals surface area contributed by atoms with E-state index in [1.165, 1.54) is 12.1 Å². The number of benzene rings is 1. The highest BCUT2D eigenvalue weighted by Crippen LogP contribution is 2.37. The topological polar surface area (TPSA) is 93.7 Å². The van der Waals surface area contributed by atoms with Crippen molar-refractivity contribution in [3.63, 3.8) is 0 Å². The van der Waals surface area contributed by atoms with Crippen LogP contribution in [0.4, 0.5) is 30.6 Å². The smallest absolute Gasteiger partial charge is 0.350 e. The summed E-state index contributed by atoms with van der Waals surface area (Å²) in [7, 11) is 0. The van der Waals surface area contributed by atoms with E-state index in [1.807, 2.05) is 11.5 Å². The van der Waals surface area contributed by atoms with Gasteiger partial charge in [0, 0.05) is 24.3 Å². The van der Waals surface area contributed by atoms with Crippen molar-refractivity contribution in [3.8, 4) is 0 Å². The second kappa shape index (κ2) is 8.51. The summed E-state index contributed by atoms with van der Waals surface area (Å²) >= 11 is 5.74. The van der Waals surface area contributed by atoms with Gasteiger partial charge in [-0.3, -0.25) is 0 Å². The lowest BCUT2D eigenvalue weighted by molar-refractivity contribution is -0.137. The number of nitrogens with zero attached hydrogens (tertiary/aromatic N) is 4. The zero-order valence-corrected chi connectivity index (χ0v) is 17.6. The Morgan fingerprint density at radius 1 is 1.23 bits per heavy atom. The van der Waals surface area contributed by atoms with Crippen LogP contribution >= 0.6 is 11.6 Å². The summed E-state index contributed by atoms with van der Waals surface area (Å²) < 4.78 is 41.6. The molecule has 166 valence electrons. The van der Waals surface area contributed by atoms with Gasteiger partial charge < -0.3 is 20.9 Å². The minimum Gasteiger partial charge on any atom is -0.350 e. The highest BCUT2D eigenvalue weighted by atomic mass is 35.5. The Morgan fingerprint density at radius 3 is 2.71 bits per heavy atom. The predicted octanol–water partition coefficient (Wildman–Crippen LogP) is 4.94. The Bertz CT molecular complexity index is 1080. The first-order valence-corrected chi connectivity index (χ1v) is 10.5. The van der Waals surface area contributed by atoms with Gasteiger partial charge in [0.2, 0.25) is 5.95 Å². The summed E-state index contributed by atoms with van der Waals surface area (Å²) in [6.45, 7) is 2.59. The van der Waals surface area contributed by atoms with E-state index in [9.17, 15) is 13.2 Å². The number of halogens is 4. The van der Waals surface area contributed by atoms with E-state index in [-0.39, 0.29) is 22.8 Å². The molecular weight excluding hydrogens is 431 g/mol. The van der Waals surface area contributed by atoms with Crippen molar-refractivity contribution in [1.82, 2.24) is 19.5 Å². The highest BCUT2D eigenvalue weighted by molar-refractivity contribution is 6.31. The van der Waals surface area contributed by atoms with Crippen molar-refractivity contribution >= 4 is 40.2 Å². The van der Waals surface area contributed by atoms with Gasteiger partial charge in [0.1, 0.15) is 0 Å². The second-order valence-electron chi connectivity index (χ2n) is 7.62. The van der Waals surface area contributed by atoms with Crippen molar-refractivity contribution in [1.29, 1.82) is 0 Å². The molecule has 1 aliphatic rings. The first-order chi connectivity index (χ1) is 14.8. The maximum absolute atomic E-state index is 13.3. The molecule has 31 heavy (non-hydrogen) atoms. The molecule has 4 N–H and O–H groups in total. The number of aromatic nitrogens is 4. The molecule has 2 aromatic heterocycles. The fraction of sp³-hybridized carbons (Fsp3) is 0.450. The summed E-state index contributed by atoms with van der Waals surface area (Å²) in [5.41, 5.74) is 6.56. The fourth-order valence-corrected chi connectivity index (χ4v) is 4.01. The lowest BCUT2D eigenvalue weighted by atomic mass is 9.91. The Labute approximate surface area is 182 Å². The molecule has 11 heteroatoms. The third-order valence-corrected chi connectivity index (χ3v) is 5.80. The predicted molar refractivity (Wildman–Crippen MR) is 115 cm³/mol. The van der Waals surface area contributed by atoms with E-state index in [0.29, 0.717) is 29.5 Å². The standard InChI is InChI=1S/C20H23ClF3N7/c1-2-31-10-26-16-17(27-11-7-8-13(21)12(9-11)20(22,23)24)29-19(30-18(16)31)28-15-6-4-3-5-14(15)25/h7-10,14-15H,2-6,25H2,1H3,(H2,27,28,29,30). The van der Waals surface area contributed by atoms with Crippen LogP contribution in [0.5, 0.6) is 0 Å². The molecule has 1 fully saturated rings. The van der Waals surface area contributed by atoms with Crippen LogP contribution in [0, 0.1) is 0 Å². The van der Waals surface area contributed by atoms with Crippen LogP contribution < -0.4 is 16.4 Å². The first-order valence-electron chi connectivity index (χ1n) is 10.1. The monoisotopic (exact) mass is 453 g/mol. The number of nitrogens with two attached hydrogens (primary N) is 1. The number of aryl methyl sites for hydroxylation is 1. The molecule has 2 heterocycles. The van der Waals surface area contributed by atoms with E-state index < -0.39 is 11.7 Å². The average molecular weight is 454 g/mol. The van der Waals surface area contributed by atoms with Gasteiger partial charge in [0.25, 0.3) is 0 Å². The summed E-state index contributed by atoms with van der Waals surface area (Å²) in [6, 6.07) is 3.65. The fourth-order valence-electron chi connectivity index (χ4n) is 3.79. The first kappa shape index (κ1) is 21.6. The molecular formula is C20H23ClF3N7. The van der Waals surface area contributed by atoms with Gasteiger partial charge in [-0.2, -0.15) is 23.1 Å². The molecule has 4 rings (SSSR count). The van der Waals surface area contributed by atoms with Crippen molar-refractivity contribution in [2.24, 2.45) is 5.73 Å². The Morgan fingerprint density at radius 2 is 2.00 bits per heavy atom. The summed E-state index contributed by atoms with van der Waals surface area (Å²) in [5.74, 6) is 0.664. The van der Waals surface area contributed by atoms with Crippen molar-refractivity contribution < 1.29 is 13.2 Å². The van der Waals surface area contributed by atoms with Crippen molar-refractivity contribution in [2.45, 2.75) is 57.4 Å². The van der Waals surface area contributed by atoms with Crippen molar-refractivity contribution in [3.05, 3.63) is 35.1 Å². The molecule has 0 radical (unpaired) electrons. The Hall–Kier alpha value is -2.59. The normalized spacial score (nSPS) is 19.5. The number of rotatable bonds is 5. The molecule has 1 aliphatic carbocycles. The number of hydrogen-bond acceptors (Lipinski definition) is 6. The molecule has 3 aromatic rings. The number of imidazole rings is 1. The summed E-state index contributed by atoms with van der Waals surface area (Å²) in [6.07, 6.45) is 1.05. The number of nitrogens with one attached hydrogen (secondary N) is 2. The van der Waals surface area contributed by atoms with Crippen LogP contribution in [-0.2, 0) is 12.7 Å². The van der Waals surface area contributed by atoms with Gasteiger partial charge in [-0.15, -0.1) is 0 Å². The van der Waals surface area contributed by atoms with Gasteiger partial charge in [0.15, 0.2) is 17.0 Å². The Kier molecular flexibility index (Phi) is 5.94. The third kappa shape index (κ3) is 4.54. The molecule has 2 unspecified atom stereocenters. The number of alkyl halides is 3. The highest BCUT2D eigenvalue weighted by Gasteiger charge is 2.33. The molecule has 7 nitrogen and oxygen atoms in total.